The first-order valence-electron chi connectivity index (χ1n) is 10.8. The highest BCUT2D eigenvalue weighted by atomic mass is 32.1. The maximum absolute atomic E-state index is 12.9. The molecule has 1 atom stereocenters. The summed E-state index contributed by atoms with van der Waals surface area (Å²) in [6.45, 7) is 8.01. The van der Waals surface area contributed by atoms with Gasteiger partial charge in [-0.15, -0.1) is 0 Å². The lowest BCUT2D eigenvalue weighted by molar-refractivity contribution is 0.0904. The van der Waals surface area contributed by atoms with Crippen LogP contribution in [0.3, 0.4) is 0 Å². The quantitative estimate of drug-likeness (QED) is 0.562. The SMILES string of the molecule is Cc1cccc(NC(=S)N(Cc2cc3ccc(C)c(C)c3[nH]c2=O)C[C@H]2CCCO2)c1. The standard InChI is InChI=1S/C25H29N3O2S/c1-16-6-4-7-21(12-16)26-25(31)28(15-22-8-5-11-30-22)14-20-13-19-10-9-17(2)18(3)23(19)27-24(20)29/h4,6-7,9-10,12-13,22H,5,8,11,14-15H2,1-3H3,(H,26,31)(H,27,29)/t22-/m1/s1. The molecule has 2 heterocycles. The fourth-order valence-corrected chi connectivity index (χ4v) is 4.33. The van der Waals surface area contributed by atoms with Crippen LogP contribution in [0.25, 0.3) is 10.9 Å². The topological polar surface area (TPSA) is 57.4 Å². The number of aromatic nitrogens is 1. The zero-order valence-electron chi connectivity index (χ0n) is 18.3. The van der Waals surface area contributed by atoms with Crippen LogP contribution in [0.1, 0.15) is 35.1 Å². The Kier molecular flexibility index (Phi) is 6.39. The molecule has 1 aromatic heterocycles. The Balaban J connectivity index is 1.62. The van der Waals surface area contributed by atoms with Crippen LogP contribution < -0.4 is 10.9 Å². The molecule has 2 N–H and O–H groups in total. The Bertz CT molecular complexity index is 1170. The number of hydrogen-bond donors (Lipinski definition) is 2. The number of anilines is 1. The summed E-state index contributed by atoms with van der Waals surface area (Å²) in [5, 5.41) is 4.97. The second-order valence-electron chi connectivity index (χ2n) is 8.41. The number of aromatic amines is 1. The predicted molar refractivity (Wildman–Crippen MR) is 131 cm³/mol. The smallest absolute Gasteiger partial charge is 0.253 e. The molecule has 0 unspecified atom stereocenters. The maximum atomic E-state index is 12.9. The van der Waals surface area contributed by atoms with Crippen LogP contribution in [0, 0.1) is 20.8 Å². The molecular weight excluding hydrogens is 406 g/mol. The third kappa shape index (κ3) is 4.97. The molecule has 6 heteroatoms. The van der Waals surface area contributed by atoms with Crippen LogP contribution in [0.4, 0.5) is 5.69 Å². The molecule has 0 radical (unpaired) electrons. The number of nitrogens with one attached hydrogen (secondary N) is 2. The lowest BCUT2D eigenvalue weighted by atomic mass is 10.0. The van der Waals surface area contributed by atoms with Crippen LogP contribution in [-0.2, 0) is 11.3 Å². The lowest BCUT2D eigenvalue weighted by Crippen LogP contribution is -2.40. The Hall–Kier alpha value is -2.70. The fourth-order valence-electron chi connectivity index (χ4n) is 4.07. The number of pyridine rings is 1. The third-order valence-corrected chi connectivity index (χ3v) is 6.35. The Morgan fingerprint density at radius 3 is 2.81 bits per heavy atom. The summed E-state index contributed by atoms with van der Waals surface area (Å²) in [5.41, 5.74) is 5.91. The number of nitrogens with zero attached hydrogens (tertiary/aromatic N) is 1. The summed E-state index contributed by atoms with van der Waals surface area (Å²) >= 11 is 5.76. The summed E-state index contributed by atoms with van der Waals surface area (Å²) < 4.78 is 5.85. The van der Waals surface area contributed by atoms with Crippen molar-refractivity contribution in [1.29, 1.82) is 0 Å². The molecule has 162 valence electrons. The van der Waals surface area contributed by atoms with E-state index in [1.165, 1.54) is 5.56 Å². The third-order valence-electron chi connectivity index (χ3n) is 5.99. The van der Waals surface area contributed by atoms with Crippen molar-refractivity contribution < 1.29 is 4.74 Å². The predicted octanol–water partition coefficient (Wildman–Crippen LogP) is 4.83. The molecule has 1 saturated heterocycles. The number of hydrogen-bond acceptors (Lipinski definition) is 3. The second kappa shape index (κ2) is 9.20. The van der Waals surface area contributed by atoms with E-state index in [9.17, 15) is 4.79 Å². The summed E-state index contributed by atoms with van der Waals surface area (Å²) in [7, 11) is 0. The van der Waals surface area contributed by atoms with Gasteiger partial charge in [-0.1, -0.05) is 24.3 Å². The molecule has 31 heavy (non-hydrogen) atoms. The molecule has 0 bridgehead atoms. The first kappa shape index (κ1) is 21.5. The van der Waals surface area contributed by atoms with E-state index in [-0.39, 0.29) is 11.7 Å². The van der Waals surface area contributed by atoms with Gasteiger partial charge in [-0.3, -0.25) is 4.79 Å². The van der Waals surface area contributed by atoms with E-state index in [0.29, 0.717) is 23.8 Å². The Labute approximate surface area is 188 Å². The summed E-state index contributed by atoms with van der Waals surface area (Å²) in [6.07, 6.45) is 2.20. The molecule has 0 saturated carbocycles. The van der Waals surface area contributed by atoms with Crippen molar-refractivity contribution in [2.24, 2.45) is 0 Å². The molecule has 5 nitrogen and oxygen atoms in total. The van der Waals surface area contributed by atoms with Gasteiger partial charge < -0.3 is 19.9 Å². The number of benzene rings is 2. The normalized spacial score (nSPS) is 15.9. The number of thiocarbonyl (C=S) groups is 1. The lowest BCUT2D eigenvalue weighted by Gasteiger charge is -2.28. The van der Waals surface area contributed by atoms with Gasteiger partial charge in [0.1, 0.15) is 0 Å². The van der Waals surface area contributed by atoms with Gasteiger partial charge in [-0.2, -0.15) is 0 Å². The van der Waals surface area contributed by atoms with E-state index < -0.39 is 0 Å². The first-order valence-corrected chi connectivity index (χ1v) is 11.2. The fraction of sp³-hybridized carbons (Fsp3) is 0.360. The van der Waals surface area contributed by atoms with E-state index in [1.807, 2.05) is 30.0 Å². The maximum Gasteiger partial charge on any atom is 0.253 e. The van der Waals surface area contributed by atoms with Crippen LogP contribution in [0.15, 0.2) is 47.3 Å². The number of fused-ring (bicyclic) bond motifs is 1. The number of rotatable bonds is 5. The minimum absolute atomic E-state index is 0.0723. The Morgan fingerprint density at radius 2 is 2.06 bits per heavy atom. The van der Waals surface area contributed by atoms with E-state index >= 15 is 0 Å². The van der Waals surface area contributed by atoms with Crippen molar-refractivity contribution in [3.8, 4) is 0 Å². The van der Waals surface area contributed by atoms with Gasteiger partial charge in [0.15, 0.2) is 5.11 Å². The molecule has 1 fully saturated rings. The van der Waals surface area contributed by atoms with Crippen LogP contribution >= 0.6 is 12.2 Å². The van der Waals surface area contributed by atoms with Gasteiger partial charge >= 0.3 is 0 Å². The van der Waals surface area contributed by atoms with Crippen molar-refractivity contribution in [3.63, 3.8) is 0 Å². The molecule has 0 aliphatic carbocycles. The van der Waals surface area contributed by atoms with Crippen molar-refractivity contribution in [1.82, 2.24) is 9.88 Å². The molecule has 0 amide bonds. The van der Waals surface area contributed by atoms with Gasteiger partial charge in [-0.05, 0) is 86.1 Å². The minimum atomic E-state index is -0.0723. The zero-order valence-corrected chi connectivity index (χ0v) is 19.1. The van der Waals surface area contributed by atoms with Gasteiger partial charge in [-0.25, -0.2) is 0 Å². The van der Waals surface area contributed by atoms with E-state index in [4.69, 9.17) is 17.0 Å². The Morgan fingerprint density at radius 1 is 1.23 bits per heavy atom. The molecule has 3 aromatic rings. The molecule has 1 aliphatic heterocycles. The molecule has 0 spiro atoms. The molecule has 1 aliphatic rings. The molecule has 2 aromatic carbocycles. The summed E-state index contributed by atoms with van der Waals surface area (Å²) in [6, 6.07) is 14.2. The van der Waals surface area contributed by atoms with Crippen LogP contribution in [0.5, 0.6) is 0 Å². The highest BCUT2D eigenvalue weighted by Crippen LogP contribution is 2.21. The van der Waals surface area contributed by atoms with Crippen LogP contribution in [-0.4, -0.2) is 34.3 Å². The van der Waals surface area contributed by atoms with Crippen molar-refractivity contribution >= 4 is 33.9 Å². The van der Waals surface area contributed by atoms with E-state index in [1.54, 1.807) is 0 Å². The van der Waals surface area contributed by atoms with Gasteiger partial charge in [0.25, 0.3) is 5.56 Å². The van der Waals surface area contributed by atoms with Crippen LogP contribution in [0.2, 0.25) is 0 Å². The van der Waals surface area contributed by atoms with E-state index in [2.05, 4.69) is 48.4 Å². The van der Waals surface area contributed by atoms with Gasteiger partial charge in [0.05, 0.1) is 18.2 Å². The average molecular weight is 436 g/mol. The summed E-state index contributed by atoms with van der Waals surface area (Å²) in [5.74, 6) is 0. The monoisotopic (exact) mass is 435 g/mol. The van der Waals surface area contributed by atoms with E-state index in [0.717, 1.165) is 47.2 Å². The highest BCUT2D eigenvalue weighted by Gasteiger charge is 2.22. The number of ether oxygens (including phenoxy) is 1. The second-order valence-corrected chi connectivity index (χ2v) is 8.80. The highest BCUT2D eigenvalue weighted by molar-refractivity contribution is 7.80. The summed E-state index contributed by atoms with van der Waals surface area (Å²) in [4.78, 5) is 18.0. The minimum Gasteiger partial charge on any atom is -0.376 e. The van der Waals surface area contributed by atoms with Crippen molar-refractivity contribution in [2.45, 2.75) is 46.3 Å². The largest absolute Gasteiger partial charge is 0.376 e. The van der Waals surface area contributed by atoms with Crippen molar-refractivity contribution in [3.05, 3.63) is 75.1 Å². The van der Waals surface area contributed by atoms with Gasteiger partial charge in [0.2, 0.25) is 0 Å². The average Bonchev–Trinajstić information content (AvgIpc) is 3.25. The number of aryl methyl sites for hydroxylation is 3. The zero-order chi connectivity index (χ0) is 22.0. The number of H-pyrrole nitrogens is 1. The van der Waals surface area contributed by atoms with Crippen molar-refractivity contribution in [2.75, 3.05) is 18.5 Å². The van der Waals surface area contributed by atoms with Gasteiger partial charge in [0, 0.05) is 24.4 Å². The molecule has 4 rings (SSSR count). The first-order chi connectivity index (χ1) is 14.9. The molecular formula is C25H29N3O2S.